The smallest absolute Gasteiger partial charge is 0.352 e. The molecule has 0 unspecified atom stereocenters. The zero-order valence-electron chi connectivity index (χ0n) is 13.0. The first kappa shape index (κ1) is 16.9. The first-order chi connectivity index (χ1) is 12.0. The highest BCUT2D eigenvalue weighted by atomic mass is 35.5. The number of benzene rings is 2. The number of aromatic nitrogens is 1. The summed E-state index contributed by atoms with van der Waals surface area (Å²) < 4.78 is 6.92. The van der Waals surface area contributed by atoms with Crippen molar-refractivity contribution in [2.24, 2.45) is 0 Å². The predicted molar refractivity (Wildman–Crippen MR) is 92.6 cm³/mol. The average Bonchev–Trinajstić information content (AvgIpc) is 2.94. The number of hydrogen-bond acceptors (Lipinski definition) is 3. The first-order valence-electron chi connectivity index (χ1n) is 7.40. The highest BCUT2D eigenvalue weighted by molar-refractivity contribution is 6.30. The molecule has 0 spiro atoms. The predicted octanol–water partition coefficient (Wildman–Crippen LogP) is 3.50. The Hall–Kier alpha value is -2.99. The van der Waals surface area contributed by atoms with Gasteiger partial charge in [0.15, 0.2) is 6.61 Å². The van der Waals surface area contributed by atoms with Crippen molar-refractivity contribution < 1.29 is 24.5 Å². The van der Waals surface area contributed by atoms with E-state index in [1.807, 2.05) is 12.1 Å². The molecule has 0 atom stereocenters. The number of aliphatic carboxylic acids is 1. The number of aromatic carboxylic acids is 1. The van der Waals surface area contributed by atoms with Crippen LogP contribution >= 0.6 is 11.6 Å². The molecule has 0 aliphatic rings. The van der Waals surface area contributed by atoms with Crippen LogP contribution in [0.4, 0.5) is 0 Å². The monoisotopic (exact) mass is 359 g/mol. The van der Waals surface area contributed by atoms with Gasteiger partial charge in [-0.05, 0) is 35.9 Å². The van der Waals surface area contributed by atoms with Crippen molar-refractivity contribution in [3.05, 3.63) is 64.8 Å². The van der Waals surface area contributed by atoms with Gasteiger partial charge in [-0.3, -0.25) is 0 Å². The first-order valence-corrected chi connectivity index (χ1v) is 7.78. The zero-order valence-corrected chi connectivity index (χ0v) is 13.7. The highest BCUT2D eigenvalue weighted by Crippen LogP contribution is 2.30. The Morgan fingerprint density at radius 2 is 1.80 bits per heavy atom. The Bertz CT molecular complexity index is 946. The minimum atomic E-state index is -1.10. The van der Waals surface area contributed by atoms with Gasteiger partial charge in [-0.1, -0.05) is 29.8 Å². The van der Waals surface area contributed by atoms with Crippen molar-refractivity contribution >= 4 is 34.4 Å². The third kappa shape index (κ3) is 3.59. The van der Waals surface area contributed by atoms with Crippen LogP contribution in [0.15, 0.2) is 48.5 Å². The molecule has 6 nitrogen and oxygen atoms in total. The summed E-state index contributed by atoms with van der Waals surface area (Å²) in [6.45, 7) is -0.158. The molecule has 3 rings (SSSR count). The van der Waals surface area contributed by atoms with E-state index in [4.69, 9.17) is 21.4 Å². The summed E-state index contributed by atoms with van der Waals surface area (Å²) >= 11 is 5.89. The molecule has 0 bridgehead atoms. The van der Waals surface area contributed by atoms with Crippen LogP contribution in [0, 0.1) is 0 Å². The number of carboxylic acid groups (broad SMARTS) is 2. The molecule has 0 saturated carbocycles. The molecule has 0 aliphatic heterocycles. The summed E-state index contributed by atoms with van der Waals surface area (Å²) in [5.41, 5.74) is 1.63. The van der Waals surface area contributed by atoms with E-state index in [1.54, 1.807) is 34.9 Å². The molecule has 0 aliphatic carbocycles. The van der Waals surface area contributed by atoms with Crippen LogP contribution in [0.25, 0.3) is 10.9 Å². The second-order valence-corrected chi connectivity index (χ2v) is 5.86. The minimum absolute atomic E-state index is 0.0938. The number of hydrogen-bond donors (Lipinski definition) is 2. The van der Waals surface area contributed by atoms with Crippen molar-refractivity contribution in [1.82, 2.24) is 4.57 Å². The number of fused-ring (bicyclic) bond motifs is 1. The van der Waals surface area contributed by atoms with Gasteiger partial charge in [-0.15, -0.1) is 0 Å². The van der Waals surface area contributed by atoms with Gasteiger partial charge in [0.25, 0.3) is 0 Å². The van der Waals surface area contributed by atoms with Crippen LogP contribution in [0.5, 0.6) is 5.75 Å². The fraction of sp³-hybridized carbons (Fsp3) is 0.111. The molecule has 3 aromatic rings. The molecule has 0 amide bonds. The van der Waals surface area contributed by atoms with E-state index in [0.717, 1.165) is 5.56 Å². The summed E-state index contributed by atoms with van der Waals surface area (Å²) in [4.78, 5) is 22.4. The van der Waals surface area contributed by atoms with Crippen molar-refractivity contribution in [1.29, 1.82) is 0 Å². The molecule has 128 valence electrons. The Labute approximate surface area is 147 Å². The summed E-state index contributed by atoms with van der Waals surface area (Å²) in [7, 11) is 0. The van der Waals surface area contributed by atoms with Crippen LogP contribution in [-0.2, 0) is 11.3 Å². The number of rotatable bonds is 6. The molecule has 1 aromatic heterocycles. The van der Waals surface area contributed by atoms with E-state index in [0.29, 0.717) is 28.2 Å². The van der Waals surface area contributed by atoms with Gasteiger partial charge in [0.1, 0.15) is 11.4 Å². The maximum atomic E-state index is 11.6. The van der Waals surface area contributed by atoms with E-state index >= 15 is 0 Å². The number of nitrogens with zero attached hydrogens (tertiary/aromatic N) is 1. The SMILES string of the molecule is O=C(O)COc1cccc2c1cc(C(=O)O)n2Cc1ccc(Cl)cc1. The zero-order chi connectivity index (χ0) is 18.0. The van der Waals surface area contributed by atoms with Gasteiger partial charge in [0.05, 0.1) is 5.52 Å². The van der Waals surface area contributed by atoms with Crippen LogP contribution in [0.2, 0.25) is 5.02 Å². The Balaban J connectivity index is 2.07. The quantitative estimate of drug-likeness (QED) is 0.703. The lowest BCUT2D eigenvalue weighted by Gasteiger charge is -2.10. The van der Waals surface area contributed by atoms with Gasteiger partial charge in [-0.25, -0.2) is 9.59 Å². The van der Waals surface area contributed by atoms with Crippen molar-refractivity contribution in [3.63, 3.8) is 0 Å². The lowest BCUT2D eigenvalue weighted by atomic mass is 10.2. The maximum Gasteiger partial charge on any atom is 0.352 e. The number of halogens is 1. The molecule has 7 heteroatoms. The molecule has 0 saturated heterocycles. The standard InChI is InChI=1S/C18H14ClNO5/c19-12-6-4-11(5-7-12)9-20-14-2-1-3-16(25-10-17(21)22)13(14)8-15(20)18(23)24/h1-8H,9-10H2,(H,21,22)(H,23,24). The highest BCUT2D eigenvalue weighted by Gasteiger charge is 2.17. The molecule has 0 fully saturated rings. The molecule has 2 aromatic carbocycles. The van der Waals surface area contributed by atoms with Crippen LogP contribution in [0.3, 0.4) is 0 Å². The molecule has 25 heavy (non-hydrogen) atoms. The normalized spacial score (nSPS) is 10.8. The van der Waals surface area contributed by atoms with E-state index < -0.39 is 18.5 Å². The summed E-state index contributed by atoms with van der Waals surface area (Å²) in [5, 5.41) is 19.4. The van der Waals surface area contributed by atoms with Crippen LogP contribution in [0.1, 0.15) is 16.1 Å². The third-order valence-electron chi connectivity index (χ3n) is 3.73. The summed E-state index contributed by atoms with van der Waals surface area (Å²) in [6.07, 6.45) is 0. The molecular weight excluding hydrogens is 346 g/mol. The molecule has 0 radical (unpaired) electrons. The summed E-state index contributed by atoms with van der Waals surface area (Å²) in [6, 6.07) is 13.7. The van der Waals surface area contributed by atoms with Gasteiger partial charge < -0.3 is 19.5 Å². The number of carboxylic acids is 2. The van der Waals surface area contributed by atoms with E-state index in [-0.39, 0.29) is 5.69 Å². The Morgan fingerprint density at radius 3 is 2.44 bits per heavy atom. The third-order valence-corrected chi connectivity index (χ3v) is 3.98. The lowest BCUT2D eigenvalue weighted by Crippen LogP contribution is -2.10. The average molecular weight is 360 g/mol. The lowest BCUT2D eigenvalue weighted by molar-refractivity contribution is -0.139. The Kier molecular flexibility index (Phi) is 4.63. The molecular formula is C18H14ClNO5. The van der Waals surface area contributed by atoms with Gasteiger partial charge in [-0.2, -0.15) is 0 Å². The van der Waals surface area contributed by atoms with Crippen LogP contribution in [-0.4, -0.2) is 33.3 Å². The van der Waals surface area contributed by atoms with Crippen molar-refractivity contribution in [3.8, 4) is 5.75 Å². The van der Waals surface area contributed by atoms with E-state index in [1.165, 1.54) is 6.07 Å². The van der Waals surface area contributed by atoms with Crippen LogP contribution < -0.4 is 4.74 Å². The number of carbonyl (C=O) groups is 2. The second kappa shape index (κ2) is 6.86. The summed E-state index contributed by atoms with van der Waals surface area (Å²) in [5.74, 6) is -1.84. The maximum absolute atomic E-state index is 11.6. The topological polar surface area (TPSA) is 88.8 Å². The van der Waals surface area contributed by atoms with Gasteiger partial charge in [0, 0.05) is 17.0 Å². The Morgan fingerprint density at radius 1 is 1.08 bits per heavy atom. The van der Waals surface area contributed by atoms with E-state index in [2.05, 4.69) is 0 Å². The fourth-order valence-corrected chi connectivity index (χ4v) is 2.77. The molecule has 1 heterocycles. The van der Waals surface area contributed by atoms with E-state index in [9.17, 15) is 14.7 Å². The van der Waals surface area contributed by atoms with Gasteiger partial charge >= 0.3 is 11.9 Å². The number of ether oxygens (including phenoxy) is 1. The van der Waals surface area contributed by atoms with Gasteiger partial charge in [0.2, 0.25) is 0 Å². The fourth-order valence-electron chi connectivity index (χ4n) is 2.64. The molecule has 2 N–H and O–H groups in total. The van der Waals surface area contributed by atoms with Crippen molar-refractivity contribution in [2.75, 3.05) is 6.61 Å². The minimum Gasteiger partial charge on any atom is -0.481 e. The largest absolute Gasteiger partial charge is 0.481 e. The second-order valence-electron chi connectivity index (χ2n) is 5.42. The van der Waals surface area contributed by atoms with Crippen molar-refractivity contribution in [2.45, 2.75) is 6.54 Å².